The Morgan fingerprint density at radius 1 is 0.867 bits per heavy atom. The van der Waals surface area contributed by atoms with E-state index in [4.69, 9.17) is 9.15 Å². The topological polar surface area (TPSA) is 137 Å². The summed E-state index contributed by atoms with van der Waals surface area (Å²) in [6, 6.07) is 14.0. The Kier molecular flexibility index (Phi) is 4.51. The van der Waals surface area contributed by atoms with E-state index in [9.17, 15) is 30.0 Å². The normalized spacial score (nSPS) is 10.8. The van der Waals surface area contributed by atoms with E-state index in [1.54, 1.807) is 30.3 Å². The molecule has 0 bridgehead atoms. The van der Waals surface area contributed by atoms with E-state index in [-0.39, 0.29) is 33.8 Å². The van der Waals surface area contributed by atoms with Gasteiger partial charge in [-0.2, -0.15) is 0 Å². The first-order valence-corrected chi connectivity index (χ1v) is 8.67. The zero-order valence-electron chi connectivity index (χ0n) is 15.2. The van der Waals surface area contributed by atoms with Gasteiger partial charge in [-0.3, -0.25) is 4.79 Å². The van der Waals surface area contributed by atoms with Crippen molar-refractivity contribution >= 4 is 16.9 Å². The van der Waals surface area contributed by atoms with Crippen molar-refractivity contribution in [3.63, 3.8) is 0 Å². The largest absolute Gasteiger partial charge is 0.508 e. The molecule has 0 atom stereocenters. The number of carbonyl (C=O) groups excluding carboxylic acids is 1. The molecule has 0 aliphatic heterocycles. The summed E-state index contributed by atoms with van der Waals surface area (Å²) in [5, 5.41) is 39.7. The van der Waals surface area contributed by atoms with Gasteiger partial charge in [-0.1, -0.05) is 18.2 Å². The van der Waals surface area contributed by atoms with Gasteiger partial charge in [0.05, 0.1) is 5.56 Å². The molecule has 8 nitrogen and oxygen atoms in total. The molecule has 0 radical (unpaired) electrons. The number of phenols is 3. The smallest absolute Gasteiger partial charge is 0.343 e. The Balaban J connectivity index is 1.74. The summed E-state index contributed by atoms with van der Waals surface area (Å²) < 4.78 is 10.6. The number of phenolic OH excluding ortho intramolecular Hbond substituents is 3. The molecular formula is C22H14O8. The third-order valence-corrected chi connectivity index (χ3v) is 4.37. The number of esters is 1. The van der Waals surface area contributed by atoms with Crippen molar-refractivity contribution in [3.8, 4) is 40.1 Å². The van der Waals surface area contributed by atoms with Crippen molar-refractivity contribution in [1.29, 1.82) is 0 Å². The van der Waals surface area contributed by atoms with Crippen LogP contribution in [0.3, 0.4) is 0 Å². The number of hydrogen-bond acceptors (Lipinski definition) is 8. The molecule has 4 N–H and O–H groups in total. The highest BCUT2D eigenvalue weighted by molar-refractivity contribution is 5.91. The number of benzene rings is 3. The lowest BCUT2D eigenvalue weighted by atomic mass is 10.1. The molecule has 1 aromatic heterocycles. The molecule has 1 heterocycles. The van der Waals surface area contributed by atoms with E-state index in [0.29, 0.717) is 5.56 Å². The number of fused-ring (bicyclic) bond motifs is 1. The van der Waals surface area contributed by atoms with E-state index in [1.165, 1.54) is 12.1 Å². The number of aromatic hydroxyl groups is 4. The minimum Gasteiger partial charge on any atom is -0.508 e. The number of rotatable bonds is 3. The summed E-state index contributed by atoms with van der Waals surface area (Å²) >= 11 is 0. The molecule has 0 spiro atoms. The quantitative estimate of drug-likeness (QED) is 0.300. The number of hydrogen-bond donors (Lipinski definition) is 4. The number of ether oxygens (including phenoxy) is 1. The maximum absolute atomic E-state index is 12.4. The zero-order chi connectivity index (χ0) is 21.4. The monoisotopic (exact) mass is 406 g/mol. The van der Waals surface area contributed by atoms with Crippen LogP contribution in [0.15, 0.2) is 69.9 Å². The summed E-state index contributed by atoms with van der Waals surface area (Å²) in [4.78, 5) is 24.6. The first kappa shape index (κ1) is 18.9. The summed E-state index contributed by atoms with van der Waals surface area (Å²) in [7, 11) is 0. The first-order valence-electron chi connectivity index (χ1n) is 8.67. The van der Waals surface area contributed by atoms with Crippen LogP contribution in [-0.2, 0) is 0 Å². The highest BCUT2D eigenvalue weighted by Gasteiger charge is 2.20. The van der Waals surface area contributed by atoms with Gasteiger partial charge in [0.1, 0.15) is 22.5 Å². The van der Waals surface area contributed by atoms with E-state index in [2.05, 4.69) is 0 Å². The Morgan fingerprint density at radius 2 is 1.60 bits per heavy atom. The second-order valence-electron chi connectivity index (χ2n) is 6.38. The van der Waals surface area contributed by atoms with Crippen LogP contribution in [-0.4, -0.2) is 26.4 Å². The predicted molar refractivity (Wildman–Crippen MR) is 106 cm³/mol. The van der Waals surface area contributed by atoms with Gasteiger partial charge in [-0.25, -0.2) is 4.79 Å². The van der Waals surface area contributed by atoms with Gasteiger partial charge in [-0.05, 0) is 30.3 Å². The van der Waals surface area contributed by atoms with Gasteiger partial charge in [0.2, 0.25) is 11.2 Å². The molecule has 150 valence electrons. The van der Waals surface area contributed by atoms with E-state index in [1.807, 2.05) is 0 Å². The molecule has 0 fully saturated rings. The van der Waals surface area contributed by atoms with Crippen molar-refractivity contribution in [2.24, 2.45) is 0 Å². The average Bonchev–Trinajstić information content (AvgIpc) is 2.72. The SMILES string of the molecule is O=C(Oc1ccc(-c2oc3cc(O)cc(O)c3c(=O)c2O)cc1O)c1ccccc1. The summed E-state index contributed by atoms with van der Waals surface area (Å²) in [5.74, 6) is -3.23. The Bertz CT molecular complexity index is 1340. The van der Waals surface area contributed by atoms with Crippen LogP contribution in [0.1, 0.15) is 10.4 Å². The first-order chi connectivity index (χ1) is 14.3. The average molecular weight is 406 g/mol. The zero-order valence-corrected chi connectivity index (χ0v) is 15.2. The highest BCUT2D eigenvalue weighted by Crippen LogP contribution is 2.38. The van der Waals surface area contributed by atoms with Crippen LogP contribution in [0.5, 0.6) is 28.7 Å². The van der Waals surface area contributed by atoms with Crippen LogP contribution < -0.4 is 10.2 Å². The van der Waals surface area contributed by atoms with Gasteiger partial charge < -0.3 is 29.6 Å². The number of carbonyl (C=O) groups is 1. The Labute approximate surface area is 168 Å². The van der Waals surface area contributed by atoms with Crippen molar-refractivity contribution in [3.05, 3.63) is 76.5 Å². The molecule has 4 aromatic rings. The van der Waals surface area contributed by atoms with Gasteiger partial charge >= 0.3 is 5.97 Å². The molecule has 0 saturated carbocycles. The summed E-state index contributed by atoms with van der Waals surface area (Å²) in [6.07, 6.45) is 0. The van der Waals surface area contributed by atoms with Crippen LogP contribution in [0.4, 0.5) is 0 Å². The van der Waals surface area contributed by atoms with Gasteiger partial charge in [0.25, 0.3) is 0 Å². The lowest BCUT2D eigenvalue weighted by Gasteiger charge is -2.10. The van der Waals surface area contributed by atoms with Gasteiger partial charge in [-0.15, -0.1) is 0 Å². The lowest BCUT2D eigenvalue weighted by molar-refractivity contribution is 0.0729. The van der Waals surface area contributed by atoms with Crippen LogP contribution >= 0.6 is 0 Å². The van der Waals surface area contributed by atoms with E-state index in [0.717, 1.165) is 18.2 Å². The van der Waals surface area contributed by atoms with E-state index < -0.39 is 28.6 Å². The maximum Gasteiger partial charge on any atom is 0.343 e. The molecule has 0 aliphatic carbocycles. The molecule has 3 aromatic carbocycles. The van der Waals surface area contributed by atoms with Gasteiger partial charge in [0.15, 0.2) is 17.3 Å². The van der Waals surface area contributed by atoms with Gasteiger partial charge in [0, 0.05) is 17.7 Å². The minimum atomic E-state index is -0.914. The highest BCUT2D eigenvalue weighted by atomic mass is 16.5. The van der Waals surface area contributed by atoms with Crippen molar-refractivity contribution in [2.45, 2.75) is 0 Å². The van der Waals surface area contributed by atoms with Crippen LogP contribution in [0.2, 0.25) is 0 Å². The molecule has 0 saturated heterocycles. The maximum atomic E-state index is 12.4. The standard InChI is InChI=1S/C22H14O8/c23-13-9-15(25)18-17(10-13)29-21(20(27)19(18)26)12-6-7-16(14(24)8-12)30-22(28)11-4-2-1-3-5-11/h1-10,23-25,27H. The van der Waals surface area contributed by atoms with E-state index >= 15 is 0 Å². The molecule has 4 rings (SSSR count). The Hall–Kier alpha value is -4.46. The lowest BCUT2D eigenvalue weighted by Crippen LogP contribution is -2.08. The van der Waals surface area contributed by atoms with Crippen molar-refractivity contribution in [2.75, 3.05) is 0 Å². The minimum absolute atomic E-state index is 0.103. The van der Waals surface area contributed by atoms with Crippen LogP contribution in [0.25, 0.3) is 22.3 Å². The van der Waals surface area contributed by atoms with Crippen molar-refractivity contribution in [1.82, 2.24) is 0 Å². The molecule has 0 unspecified atom stereocenters. The van der Waals surface area contributed by atoms with Crippen LogP contribution in [0, 0.1) is 0 Å². The fourth-order valence-corrected chi connectivity index (χ4v) is 2.95. The fraction of sp³-hybridized carbons (Fsp3) is 0. The molecular weight excluding hydrogens is 392 g/mol. The fourth-order valence-electron chi connectivity index (χ4n) is 2.95. The molecule has 30 heavy (non-hydrogen) atoms. The Morgan fingerprint density at radius 3 is 2.30 bits per heavy atom. The molecule has 0 amide bonds. The third-order valence-electron chi connectivity index (χ3n) is 4.37. The summed E-state index contributed by atoms with van der Waals surface area (Å²) in [5.41, 5.74) is -0.683. The third kappa shape index (κ3) is 3.26. The predicted octanol–water partition coefficient (Wildman–Crippen LogP) is 3.50. The summed E-state index contributed by atoms with van der Waals surface area (Å²) in [6.45, 7) is 0. The second-order valence-corrected chi connectivity index (χ2v) is 6.38. The molecule has 0 aliphatic rings. The molecule has 8 heteroatoms. The second kappa shape index (κ2) is 7.17. The van der Waals surface area contributed by atoms with Crippen molar-refractivity contribution < 1.29 is 34.4 Å².